The fourth-order valence-electron chi connectivity index (χ4n) is 1.82. The lowest BCUT2D eigenvalue weighted by atomic mass is 10.2. The van der Waals surface area contributed by atoms with Crippen LogP contribution in [0.15, 0.2) is 0 Å². The van der Waals surface area contributed by atoms with E-state index in [1.54, 1.807) is 6.92 Å². The zero-order valence-corrected chi connectivity index (χ0v) is 9.75. The molecule has 1 aliphatic rings. The van der Waals surface area contributed by atoms with Crippen molar-refractivity contribution in [1.82, 2.24) is 10.6 Å². The maximum atomic E-state index is 11.4. The van der Waals surface area contributed by atoms with Crippen LogP contribution in [0.25, 0.3) is 0 Å². The maximum absolute atomic E-state index is 11.4. The first-order chi connectivity index (χ1) is 7.72. The van der Waals surface area contributed by atoms with E-state index in [-0.39, 0.29) is 18.4 Å². The van der Waals surface area contributed by atoms with E-state index in [1.165, 1.54) is 12.8 Å². The first kappa shape index (κ1) is 12.8. The number of nitrogens with one attached hydrogen (secondary N) is 2. The molecule has 0 heterocycles. The monoisotopic (exact) mass is 228 g/mol. The van der Waals surface area contributed by atoms with Gasteiger partial charge in [0.2, 0.25) is 0 Å². The van der Waals surface area contributed by atoms with Crippen LogP contribution in [0, 0.1) is 0 Å². The first-order valence-electron chi connectivity index (χ1n) is 5.92. The van der Waals surface area contributed by atoms with E-state index < -0.39 is 0 Å². The van der Waals surface area contributed by atoms with Gasteiger partial charge in [-0.3, -0.25) is 4.79 Å². The topological polar surface area (TPSA) is 67.4 Å². The zero-order chi connectivity index (χ0) is 11.8. The summed E-state index contributed by atoms with van der Waals surface area (Å²) in [5.41, 5.74) is 0. The van der Waals surface area contributed by atoms with Gasteiger partial charge in [-0.2, -0.15) is 0 Å². The quantitative estimate of drug-likeness (QED) is 0.694. The Balaban J connectivity index is 2.03. The fourth-order valence-corrected chi connectivity index (χ4v) is 1.82. The van der Waals surface area contributed by atoms with E-state index in [0.29, 0.717) is 19.2 Å². The van der Waals surface area contributed by atoms with Crippen LogP contribution in [0.4, 0.5) is 4.79 Å². The lowest BCUT2D eigenvalue weighted by Crippen LogP contribution is -2.41. The lowest BCUT2D eigenvalue weighted by Gasteiger charge is -2.12. The van der Waals surface area contributed by atoms with Crippen LogP contribution in [-0.4, -0.2) is 31.2 Å². The average molecular weight is 228 g/mol. The third-order valence-corrected chi connectivity index (χ3v) is 2.61. The highest BCUT2D eigenvalue weighted by Gasteiger charge is 2.16. The summed E-state index contributed by atoms with van der Waals surface area (Å²) < 4.78 is 4.75. The summed E-state index contributed by atoms with van der Waals surface area (Å²) >= 11 is 0. The Morgan fingerprint density at radius 2 is 2.00 bits per heavy atom. The largest absolute Gasteiger partial charge is 0.466 e. The van der Waals surface area contributed by atoms with Gasteiger partial charge >= 0.3 is 12.0 Å². The van der Waals surface area contributed by atoms with Crippen molar-refractivity contribution in [2.45, 2.75) is 45.1 Å². The number of urea groups is 1. The molecule has 0 unspecified atom stereocenters. The maximum Gasteiger partial charge on any atom is 0.315 e. The molecule has 0 atom stereocenters. The number of hydrogen-bond donors (Lipinski definition) is 2. The minimum absolute atomic E-state index is 0.184. The van der Waals surface area contributed by atoms with Crippen LogP contribution in [0.2, 0.25) is 0 Å². The predicted octanol–water partition coefficient (Wildman–Crippen LogP) is 1.18. The van der Waals surface area contributed by atoms with Gasteiger partial charge in [0.15, 0.2) is 0 Å². The van der Waals surface area contributed by atoms with Gasteiger partial charge in [-0.1, -0.05) is 12.8 Å². The average Bonchev–Trinajstić information content (AvgIpc) is 2.70. The van der Waals surface area contributed by atoms with E-state index in [4.69, 9.17) is 4.74 Å². The molecule has 0 spiro atoms. The first-order valence-corrected chi connectivity index (χ1v) is 5.92. The second kappa shape index (κ2) is 7.09. The molecule has 1 saturated carbocycles. The Kier molecular flexibility index (Phi) is 5.67. The molecule has 0 saturated heterocycles. The van der Waals surface area contributed by atoms with Gasteiger partial charge in [0.25, 0.3) is 0 Å². The van der Waals surface area contributed by atoms with Crippen molar-refractivity contribution in [2.24, 2.45) is 0 Å². The van der Waals surface area contributed by atoms with Crippen molar-refractivity contribution >= 4 is 12.0 Å². The Bertz CT molecular complexity index is 237. The second-order valence-corrected chi connectivity index (χ2v) is 3.94. The Hall–Kier alpha value is -1.26. The van der Waals surface area contributed by atoms with Gasteiger partial charge in [-0.15, -0.1) is 0 Å². The van der Waals surface area contributed by atoms with Gasteiger partial charge in [0, 0.05) is 12.6 Å². The van der Waals surface area contributed by atoms with E-state index in [2.05, 4.69) is 10.6 Å². The molecule has 0 aromatic carbocycles. The summed E-state index contributed by atoms with van der Waals surface area (Å²) in [7, 11) is 0. The summed E-state index contributed by atoms with van der Waals surface area (Å²) in [5, 5.41) is 5.53. The molecule has 16 heavy (non-hydrogen) atoms. The molecule has 0 aromatic rings. The molecule has 0 bridgehead atoms. The third-order valence-electron chi connectivity index (χ3n) is 2.61. The SMILES string of the molecule is CCOC(=O)CCNC(=O)NC1CCCC1. The van der Waals surface area contributed by atoms with Crippen LogP contribution in [0.5, 0.6) is 0 Å². The highest BCUT2D eigenvalue weighted by Crippen LogP contribution is 2.17. The zero-order valence-electron chi connectivity index (χ0n) is 9.75. The highest BCUT2D eigenvalue weighted by molar-refractivity contribution is 5.75. The van der Waals surface area contributed by atoms with Crippen molar-refractivity contribution in [3.8, 4) is 0 Å². The van der Waals surface area contributed by atoms with Crippen LogP contribution < -0.4 is 10.6 Å². The van der Waals surface area contributed by atoms with Gasteiger partial charge in [0.05, 0.1) is 13.0 Å². The molecule has 1 aliphatic carbocycles. The van der Waals surface area contributed by atoms with Crippen molar-refractivity contribution in [1.29, 1.82) is 0 Å². The Morgan fingerprint density at radius 1 is 1.31 bits per heavy atom. The van der Waals surface area contributed by atoms with Crippen LogP contribution in [-0.2, 0) is 9.53 Å². The van der Waals surface area contributed by atoms with Crippen LogP contribution in [0.3, 0.4) is 0 Å². The molecule has 5 heteroatoms. The van der Waals surface area contributed by atoms with Gasteiger partial charge in [0.1, 0.15) is 0 Å². The number of rotatable bonds is 5. The smallest absolute Gasteiger partial charge is 0.315 e. The summed E-state index contributed by atoms with van der Waals surface area (Å²) in [6.07, 6.45) is 4.73. The minimum Gasteiger partial charge on any atom is -0.466 e. The summed E-state index contributed by atoms with van der Waals surface area (Å²) in [4.78, 5) is 22.3. The molecule has 1 rings (SSSR count). The molecule has 0 radical (unpaired) electrons. The molecular weight excluding hydrogens is 208 g/mol. The Morgan fingerprint density at radius 3 is 2.62 bits per heavy atom. The molecule has 1 fully saturated rings. The number of ether oxygens (including phenoxy) is 1. The molecular formula is C11H20N2O3. The molecule has 92 valence electrons. The summed E-state index contributed by atoms with van der Waals surface area (Å²) in [6.45, 7) is 2.47. The number of carbonyl (C=O) groups excluding carboxylic acids is 2. The van der Waals surface area contributed by atoms with Crippen molar-refractivity contribution in [2.75, 3.05) is 13.2 Å². The molecule has 0 aliphatic heterocycles. The minimum atomic E-state index is -0.274. The molecule has 0 aromatic heterocycles. The van der Waals surface area contributed by atoms with Crippen molar-refractivity contribution in [3.05, 3.63) is 0 Å². The van der Waals surface area contributed by atoms with Gasteiger partial charge in [-0.05, 0) is 19.8 Å². The molecule has 2 N–H and O–H groups in total. The number of esters is 1. The highest BCUT2D eigenvalue weighted by atomic mass is 16.5. The molecule has 2 amide bonds. The van der Waals surface area contributed by atoms with Crippen LogP contribution in [0.1, 0.15) is 39.0 Å². The predicted molar refractivity (Wildman–Crippen MR) is 60.0 cm³/mol. The second-order valence-electron chi connectivity index (χ2n) is 3.94. The molecule has 5 nitrogen and oxygen atoms in total. The summed E-state index contributed by atoms with van der Waals surface area (Å²) in [5.74, 6) is -0.274. The number of amides is 2. The van der Waals surface area contributed by atoms with E-state index in [9.17, 15) is 9.59 Å². The fraction of sp³-hybridized carbons (Fsp3) is 0.818. The lowest BCUT2D eigenvalue weighted by molar-refractivity contribution is -0.142. The van der Waals surface area contributed by atoms with Crippen LogP contribution >= 0.6 is 0 Å². The number of carbonyl (C=O) groups is 2. The number of hydrogen-bond acceptors (Lipinski definition) is 3. The van der Waals surface area contributed by atoms with E-state index in [1.807, 2.05) is 0 Å². The van der Waals surface area contributed by atoms with Crippen molar-refractivity contribution < 1.29 is 14.3 Å². The standard InChI is InChI=1S/C11H20N2O3/c1-2-16-10(14)7-8-12-11(15)13-9-5-3-4-6-9/h9H,2-8H2,1H3,(H2,12,13,15). The van der Waals surface area contributed by atoms with Gasteiger partial charge in [-0.25, -0.2) is 4.79 Å². The Labute approximate surface area is 95.9 Å². The third kappa shape index (κ3) is 5.00. The van der Waals surface area contributed by atoms with Crippen molar-refractivity contribution in [3.63, 3.8) is 0 Å². The van der Waals surface area contributed by atoms with Gasteiger partial charge < -0.3 is 15.4 Å². The van der Waals surface area contributed by atoms with E-state index >= 15 is 0 Å². The normalized spacial score (nSPS) is 15.8. The van der Waals surface area contributed by atoms with E-state index in [0.717, 1.165) is 12.8 Å². The summed E-state index contributed by atoms with van der Waals surface area (Å²) in [6, 6.07) is 0.124.